The van der Waals surface area contributed by atoms with Gasteiger partial charge in [-0.25, -0.2) is 0 Å². The molecule has 0 saturated heterocycles. The highest BCUT2D eigenvalue weighted by molar-refractivity contribution is 5.78. The summed E-state index contributed by atoms with van der Waals surface area (Å²) in [5.41, 5.74) is 5.96. The van der Waals surface area contributed by atoms with Crippen LogP contribution in [0.15, 0.2) is 0 Å². The molecule has 0 bridgehead atoms. The van der Waals surface area contributed by atoms with Gasteiger partial charge in [0.2, 0.25) is 5.91 Å². The number of amides is 1. The minimum absolute atomic E-state index is 0.0343. The predicted molar refractivity (Wildman–Crippen MR) is 79.7 cm³/mol. The Labute approximate surface area is 118 Å². The summed E-state index contributed by atoms with van der Waals surface area (Å²) in [4.78, 5) is 12.0. The van der Waals surface area contributed by atoms with Crippen LogP contribution in [0.4, 0.5) is 0 Å². The van der Waals surface area contributed by atoms with E-state index >= 15 is 0 Å². The van der Waals surface area contributed by atoms with Gasteiger partial charge in [-0.2, -0.15) is 0 Å². The van der Waals surface area contributed by atoms with Gasteiger partial charge in [-0.05, 0) is 31.1 Å². The molecule has 0 aromatic carbocycles. The lowest BCUT2D eigenvalue weighted by Crippen LogP contribution is -2.40. The molecule has 0 heterocycles. The molecule has 0 fully saturated rings. The van der Waals surface area contributed by atoms with Crippen LogP contribution in [0.5, 0.6) is 0 Å². The maximum absolute atomic E-state index is 12.0. The number of carbonyl (C=O) groups excluding carboxylic acids is 1. The highest BCUT2D eigenvalue weighted by Gasteiger charge is 2.24. The Morgan fingerprint density at radius 1 is 1.16 bits per heavy atom. The number of carbonyl (C=O) groups is 1. The van der Waals surface area contributed by atoms with E-state index < -0.39 is 6.10 Å². The fourth-order valence-corrected chi connectivity index (χ4v) is 2.08. The third-order valence-corrected chi connectivity index (χ3v) is 3.31. The van der Waals surface area contributed by atoms with Gasteiger partial charge in [0.1, 0.15) is 0 Å². The zero-order valence-electron chi connectivity index (χ0n) is 13.1. The SMILES string of the molecule is CCC(C[C@H](O)[C@@H](N)CC(C)C)C(=O)NCC(C)C. The Hall–Kier alpha value is -0.610. The summed E-state index contributed by atoms with van der Waals surface area (Å²) in [6.45, 7) is 10.9. The predicted octanol–water partition coefficient (Wildman–Crippen LogP) is 1.91. The van der Waals surface area contributed by atoms with Crippen molar-refractivity contribution in [1.82, 2.24) is 5.32 Å². The maximum atomic E-state index is 12.0. The third kappa shape index (κ3) is 8.22. The third-order valence-electron chi connectivity index (χ3n) is 3.31. The molecule has 1 unspecified atom stereocenters. The summed E-state index contributed by atoms with van der Waals surface area (Å²) in [6, 6.07) is -0.244. The average molecular weight is 272 g/mol. The van der Waals surface area contributed by atoms with E-state index in [-0.39, 0.29) is 17.9 Å². The van der Waals surface area contributed by atoms with Crippen LogP contribution in [0, 0.1) is 17.8 Å². The minimum atomic E-state index is -0.600. The lowest BCUT2D eigenvalue weighted by atomic mass is 9.91. The van der Waals surface area contributed by atoms with Crippen LogP contribution in [-0.4, -0.2) is 29.7 Å². The van der Waals surface area contributed by atoms with Crippen molar-refractivity contribution < 1.29 is 9.90 Å². The highest BCUT2D eigenvalue weighted by Crippen LogP contribution is 2.16. The lowest BCUT2D eigenvalue weighted by molar-refractivity contribution is -0.126. The minimum Gasteiger partial charge on any atom is -0.391 e. The van der Waals surface area contributed by atoms with Gasteiger partial charge in [-0.1, -0.05) is 34.6 Å². The first kappa shape index (κ1) is 18.4. The second-order valence-corrected chi connectivity index (χ2v) is 6.34. The molecule has 0 aromatic rings. The van der Waals surface area contributed by atoms with Gasteiger partial charge >= 0.3 is 0 Å². The van der Waals surface area contributed by atoms with Crippen molar-refractivity contribution in [2.24, 2.45) is 23.5 Å². The maximum Gasteiger partial charge on any atom is 0.223 e. The fraction of sp³-hybridized carbons (Fsp3) is 0.933. The first-order valence-electron chi connectivity index (χ1n) is 7.49. The number of nitrogens with one attached hydrogen (secondary N) is 1. The second-order valence-electron chi connectivity index (χ2n) is 6.34. The van der Waals surface area contributed by atoms with E-state index in [0.29, 0.717) is 24.8 Å². The molecule has 114 valence electrons. The summed E-state index contributed by atoms with van der Waals surface area (Å²) in [5.74, 6) is 0.785. The molecule has 0 saturated carbocycles. The molecule has 0 aliphatic carbocycles. The number of aliphatic hydroxyl groups is 1. The van der Waals surface area contributed by atoms with Gasteiger partial charge in [0.05, 0.1) is 6.10 Å². The van der Waals surface area contributed by atoms with E-state index in [1.54, 1.807) is 0 Å². The molecule has 0 radical (unpaired) electrons. The van der Waals surface area contributed by atoms with Crippen LogP contribution < -0.4 is 11.1 Å². The quantitative estimate of drug-likeness (QED) is 0.600. The molecule has 1 amide bonds. The van der Waals surface area contributed by atoms with Crippen LogP contribution in [0.2, 0.25) is 0 Å². The molecule has 4 heteroatoms. The molecule has 3 atom stereocenters. The highest BCUT2D eigenvalue weighted by atomic mass is 16.3. The van der Waals surface area contributed by atoms with E-state index in [1.807, 2.05) is 6.92 Å². The number of rotatable bonds is 9. The van der Waals surface area contributed by atoms with Crippen LogP contribution in [-0.2, 0) is 4.79 Å². The molecule has 0 aromatic heterocycles. The van der Waals surface area contributed by atoms with Crippen molar-refractivity contribution in [1.29, 1.82) is 0 Å². The number of hydrogen-bond donors (Lipinski definition) is 3. The van der Waals surface area contributed by atoms with Crippen LogP contribution in [0.1, 0.15) is 53.9 Å². The van der Waals surface area contributed by atoms with E-state index in [4.69, 9.17) is 5.73 Å². The Bertz CT molecular complexity index is 255. The largest absolute Gasteiger partial charge is 0.391 e. The molecule has 4 N–H and O–H groups in total. The Morgan fingerprint density at radius 3 is 2.16 bits per heavy atom. The first-order chi connectivity index (χ1) is 8.77. The van der Waals surface area contributed by atoms with E-state index in [1.165, 1.54) is 0 Å². The smallest absolute Gasteiger partial charge is 0.223 e. The van der Waals surface area contributed by atoms with Gasteiger partial charge in [0.15, 0.2) is 0 Å². The molecular weight excluding hydrogens is 240 g/mol. The molecular formula is C15H32N2O2. The molecule has 4 nitrogen and oxygen atoms in total. The molecule has 0 aliphatic heterocycles. The zero-order chi connectivity index (χ0) is 15.0. The summed E-state index contributed by atoms with van der Waals surface area (Å²) in [5, 5.41) is 13.0. The molecule has 0 rings (SSSR count). The zero-order valence-corrected chi connectivity index (χ0v) is 13.1. The first-order valence-corrected chi connectivity index (χ1v) is 7.49. The van der Waals surface area contributed by atoms with Crippen molar-refractivity contribution in [3.05, 3.63) is 0 Å². The van der Waals surface area contributed by atoms with E-state index in [9.17, 15) is 9.90 Å². The van der Waals surface area contributed by atoms with Crippen molar-refractivity contribution >= 4 is 5.91 Å². The van der Waals surface area contributed by atoms with E-state index in [2.05, 4.69) is 33.0 Å². The summed E-state index contributed by atoms with van der Waals surface area (Å²) >= 11 is 0. The topological polar surface area (TPSA) is 75.3 Å². The number of aliphatic hydroxyl groups excluding tert-OH is 1. The van der Waals surface area contributed by atoms with Gasteiger partial charge < -0.3 is 16.2 Å². The average Bonchev–Trinajstić information content (AvgIpc) is 2.31. The molecule has 0 aliphatic rings. The summed E-state index contributed by atoms with van der Waals surface area (Å²) in [7, 11) is 0. The van der Waals surface area contributed by atoms with Gasteiger partial charge in [0, 0.05) is 18.5 Å². The van der Waals surface area contributed by atoms with Gasteiger partial charge in [-0.15, -0.1) is 0 Å². The summed E-state index contributed by atoms with van der Waals surface area (Å²) in [6.07, 6.45) is 1.37. The van der Waals surface area contributed by atoms with Crippen molar-refractivity contribution in [3.63, 3.8) is 0 Å². The van der Waals surface area contributed by atoms with Crippen molar-refractivity contribution in [2.45, 2.75) is 66.0 Å². The Balaban J connectivity index is 4.26. The normalized spacial score (nSPS) is 16.5. The van der Waals surface area contributed by atoms with Crippen molar-refractivity contribution in [2.75, 3.05) is 6.54 Å². The van der Waals surface area contributed by atoms with Gasteiger partial charge in [-0.3, -0.25) is 4.79 Å². The van der Waals surface area contributed by atoms with Crippen molar-refractivity contribution in [3.8, 4) is 0 Å². The second kappa shape index (κ2) is 9.32. The Morgan fingerprint density at radius 2 is 1.74 bits per heavy atom. The van der Waals surface area contributed by atoms with Gasteiger partial charge in [0.25, 0.3) is 0 Å². The number of nitrogens with two attached hydrogens (primary N) is 1. The number of hydrogen-bond acceptors (Lipinski definition) is 3. The van der Waals surface area contributed by atoms with Crippen LogP contribution in [0.25, 0.3) is 0 Å². The lowest BCUT2D eigenvalue weighted by Gasteiger charge is -2.24. The summed E-state index contributed by atoms with van der Waals surface area (Å²) < 4.78 is 0. The Kier molecular flexibility index (Phi) is 9.02. The molecule has 0 spiro atoms. The standard InChI is InChI=1S/C15H32N2O2/c1-6-12(15(19)17-9-11(4)5)8-14(18)13(16)7-10(2)3/h10-14,18H,6-9,16H2,1-5H3,(H,17,19)/t12?,13-,14-/m0/s1. The monoisotopic (exact) mass is 272 g/mol. The fourth-order valence-electron chi connectivity index (χ4n) is 2.08. The van der Waals surface area contributed by atoms with Crippen LogP contribution in [0.3, 0.4) is 0 Å². The van der Waals surface area contributed by atoms with E-state index in [0.717, 1.165) is 12.8 Å². The van der Waals surface area contributed by atoms with Crippen LogP contribution >= 0.6 is 0 Å². The molecule has 19 heavy (non-hydrogen) atoms.